The first kappa shape index (κ1) is 24.1. The molecule has 0 aliphatic carbocycles. The molecule has 3 aliphatic rings. The van der Waals surface area contributed by atoms with E-state index in [1.54, 1.807) is 0 Å². The summed E-state index contributed by atoms with van der Waals surface area (Å²) in [7, 11) is 0. The molecule has 3 heterocycles. The van der Waals surface area contributed by atoms with Crippen molar-refractivity contribution in [1.82, 2.24) is 10.6 Å². The third-order valence-electron chi connectivity index (χ3n) is 7.95. The number of nitrogens with one attached hydrogen (secondary N) is 3. The van der Waals surface area contributed by atoms with Gasteiger partial charge in [-0.15, -0.1) is 0 Å². The Morgan fingerprint density at radius 3 is 2.37 bits per heavy atom. The smallest absolute Gasteiger partial charge is 0.145 e. The fourth-order valence-corrected chi connectivity index (χ4v) is 7.00. The van der Waals surface area contributed by atoms with Crippen LogP contribution in [0.5, 0.6) is 0 Å². The van der Waals surface area contributed by atoms with Crippen LogP contribution in [0.3, 0.4) is 0 Å². The zero-order valence-electron chi connectivity index (χ0n) is 22.3. The summed E-state index contributed by atoms with van der Waals surface area (Å²) in [5, 5.41) is 14.7. The number of nitrogens with zero attached hydrogens (tertiary/aromatic N) is 1. The first-order valence-electron chi connectivity index (χ1n) is 14.0. The van der Waals surface area contributed by atoms with Crippen LogP contribution < -0.4 is 16.0 Å². The Morgan fingerprint density at radius 1 is 0.683 bits per heavy atom. The minimum atomic E-state index is -0.152. The lowest BCUT2D eigenvalue weighted by atomic mass is 9.93. The molecule has 2 atom stereocenters. The van der Waals surface area contributed by atoms with Crippen molar-refractivity contribution in [2.24, 2.45) is 4.99 Å². The average molecular weight is 549 g/mol. The second-order valence-electron chi connectivity index (χ2n) is 10.5. The van der Waals surface area contributed by atoms with Crippen LogP contribution in [0.1, 0.15) is 33.8 Å². The van der Waals surface area contributed by atoms with E-state index in [1.807, 2.05) is 17.8 Å². The third-order valence-corrected chi connectivity index (χ3v) is 9.18. The fraction of sp³-hybridized carbons (Fsp3) is 0.0833. The van der Waals surface area contributed by atoms with Crippen molar-refractivity contribution in [2.45, 2.75) is 11.5 Å². The SMILES string of the molecule is C1=CC2=C(NC1)SC(c1cccc(-c3ccc(C4=NC(c5ccccc5)Nc5c4ccc4ccccc54)cc3)c1)N2. The Bertz CT molecular complexity index is 1870. The largest absolute Gasteiger partial charge is 0.375 e. The second-order valence-corrected chi connectivity index (χ2v) is 11.6. The summed E-state index contributed by atoms with van der Waals surface area (Å²) in [6.45, 7) is 0.890. The van der Waals surface area contributed by atoms with Gasteiger partial charge >= 0.3 is 0 Å². The van der Waals surface area contributed by atoms with Gasteiger partial charge in [-0.2, -0.15) is 0 Å². The number of hydrogen-bond donors (Lipinski definition) is 3. The average Bonchev–Trinajstić information content (AvgIpc) is 3.49. The van der Waals surface area contributed by atoms with Gasteiger partial charge in [0.25, 0.3) is 0 Å². The Hall–Kier alpha value is -4.74. The zero-order valence-corrected chi connectivity index (χ0v) is 23.2. The van der Waals surface area contributed by atoms with E-state index in [2.05, 4.69) is 137 Å². The maximum atomic E-state index is 5.25. The Labute approximate surface area is 243 Å². The molecule has 0 saturated carbocycles. The number of allylic oxidation sites excluding steroid dienone is 1. The number of rotatable bonds is 4. The van der Waals surface area contributed by atoms with Crippen LogP contribution in [0.2, 0.25) is 0 Å². The summed E-state index contributed by atoms with van der Waals surface area (Å²) in [5.74, 6) is 0. The topological polar surface area (TPSA) is 48.5 Å². The number of aliphatic imine (C=N–C) groups is 1. The van der Waals surface area contributed by atoms with Crippen molar-refractivity contribution in [1.29, 1.82) is 0 Å². The van der Waals surface area contributed by atoms with Crippen molar-refractivity contribution in [2.75, 3.05) is 11.9 Å². The van der Waals surface area contributed by atoms with Gasteiger partial charge in [-0.25, -0.2) is 0 Å². The molecule has 0 amide bonds. The van der Waals surface area contributed by atoms with Crippen LogP contribution in [0.4, 0.5) is 5.69 Å². The molecule has 5 heteroatoms. The molecule has 0 spiro atoms. The van der Waals surface area contributed by atoms with Crippen molar-refractivity contribution in [3.05, 3.63) is 160 Å². The molecule has 3 aliphatic heterocycles. The van der Waals surface area contributed by atoms with Gasteiger partial charge in [0.05, 0.1) is 22.1 Å². The number of thioether (sulfide) groups is 1. The molecule has 41 heavy (non-hydrogen) atoms. The van der Waals surface area contributed by atoms with Gasteiger partial charge in [0.2, 0.25) is 0 Å². The van der Waals surface area contributed by atoms with Crippen molar-refractivity contribution in [3.63, 3.8) is 0 Å². The summed E-state index contributed by atoms with van der Waals surface area (Å²) in [6, 6.07) is 41.2. The molecule has 4 nitrogen and oxygen atoms in total. The fourth-order valence-electron chi connectivity index (χ4n) is 5.88. The molecule has 198 valence electrons. The van der Waals surface area contributed by atoms with Gasteiger partial charge < -0.3 is 16.0 Å². The normalized spacial score (nSPS) is 19.1. The Kier molecular flexibility index (Phi) is 5.89. The van der Waals surface area contributed by atoms with Crippen LogP contribution in [0, 0.1) is 0 Å². The highest BCUT2D eigenvalue weighted by Crippen LogP contribution is 2.41. The third kappa shape index (κ3) is 4.39. The van der Waals surface area contributed by atoms with Crippen molar-refractivity contribution in [3.8, 4) is 11.1 Å². The predicted molar refractivity (Wildman–Crippen MR) is 172 cm³/mol. The predicted octanol–water partition coefficient (Wildman–Crippen LogP) is 8.13. The molecular formula is C36H28N4S. The number of dihydropyridines is 1. The number of fused-ring (bicyclic) bond motifs is 3. The lowest BCUT2D eigenvalue weighted by Crippen LogP contribution is -2.21. The molecular weight excluding hydrogens is 520 g/mol. The number of anilines is 1. The number of benzene rings is 5. The van der Waals surface area contributed by atoms with Crippen molar-refractivity contribution >= 4 is 33.9 Å². The van der Waals surface area contributed by atoms with Gasteiger partial charge in [-0.3, -0.25) is 4.99 Å². The maximum absolute atomic E-state index is 5.25. The summed E-state index contributed by atoms with van der Waals surface area (Å²) in [5.41, 5.74) is 10.4. The van der Waals surface area contributed by atoms with E-state index in [-0.39, 0.29) is 11.5 Å². The van der Waals surface area contributed by atoms with E-state index >= 15 is 0 Å². The molecule has 5 aromatic rings. The minimum absolute atomic E-state index is 0.152. The zero-order chi connectivity index (χ0) is 27.2. The van der Waals surface area contributed by atoms with Crippen LogP contribution in [0.25, 0.3) is 21.9 Å². The molecule has 0 fully saturated rings. The molecule has 2 unspecified atom stereocenters. The van der Waals surface area contributed by atoms with Gasteiger partial charge in [0.15, 0.2) is 0 Å². The number of hydrogen-bond acceptors (Lipinski definition) is 5. The highest BCUT2D eigenvalue weighted by Gasteiger charge is 2.26. The summed E-state index contributed by atoms with van der Waals surface area (Å²) >= 11 is 1.85. The van der Waals surface area contributed by atoms with Gasteiger partial charge in [-0.05, 0) is 39.8 Å². The Balaban J connectivity index is 1.14. The standard InChI is InChI=1S/C36H28N4S/c1-2-9-26(10-3-1)34-39-32(30-20-19-24-8-4-5-13-29(24)33(30)40-34)25-17-15-23(16-18-25)27-11-6-12-28(22-27)35-38-31-14-7-21-37-36(31)41-35/h1-20,22,34-35,37-38,40H,21H2. The quantitative estimate of drug-likeness (QED) is 0.212. The van der Waals surface area contributed by atoms with Crippen molar-refractivity contribution < 1.29 is 0 Å². The van der Waals surface area contributed by atoms with E-state index < -0.39 is 0 Å². The van der Waals surface area contributed by atoms with E-state index in [0.717, 1.165) is 34.6 Å². The van der Waals surface area contributed by atoms with Gasteiger partial charge in [0.1, 0.15) is 11.5 Å². The van der Waals surface area contributed by atoms with Crippen LogP contribution >= 0.6 is 11.8 Å². The highest BCUT2D eigenvalue weighted by molar-refractivity contribution is 8.03. The van der Waals surface area contributed by atoms with E-state index in [1.165, 1.54) is 38.2 Å². The second kappa shape index (κ2) is 10.0. The first-order valence-corrected chi connectivity index (χ1v) is 14.9. The maximum Gasteiger partial charge on any atom is 0.145 e. The van der Waals surface area contributed by atoms with Gasteiger partial charge in [-0.1, -0.05) is 127 Å². The summed E-state index contributed by atoms with van der Waals surface area (Å²) in [6.07, 6.45) is 4.18. The Morgan fingerprint density at radius 2 is 1.49 bits per heavy atom. The highest BCUT2D eigenvalue weighted by atomic mass is 32.2. The van der Waals surface area contributed by atoms with Crippen LogP contribution in [0.15, 0.2) is 143 Å². The van der Waals surface area contributed by atoms with E-state index in [4.69, 9.17) is 4.99 Å². The summed E-state index contributed by atoms with van der Waals surface area (Å²) < 4.78 is 0. The molecule has 0 radical (unpaired) electrons. The molecule has 0 aromatic heterocycles. The van der Waals surface area contributed by atoms with Gasteiger partial charge in [0, 0.05) is 23.1 Å². The lowest BCUT2D eigenvalue weighted by molar-refractivity contribution is 0.811. The summed E-state index contributed by atoms with van der Waals surface area (Å²) in [4.78, 5) is 5.25. The molecule has 5 aromatic carbocycles. The lowest BCUT2D eigenvalue weighted by Gasteiger charge is -2.27. The molecule has 0 bridgehead atoms. The molecule has 8 rings (SSSR count). The molecule has 3 N–H and O–H groups in total. The minimum Gasteiger partial charge on any atom is -0.375 e. The first-order chi connectivity index (χ1) is 20.3. The van der Waals surface area contributed by atoms with Crippen LogP contribution in [-0.4, -0.2) is 12.3 Å². The molecule has 0 saturated heterocycles. The van der Waals surface area contributed by atoms with Crippen LogP contribution in [-0.2, 0) is 0 Å². The van der Waals surface area contributed by atoms with E-state index in [9.17, 15) is 0 Å². The van der Waals surface area contributed by atoms with E-state index in [0.29, 0.717) is 0 Å². The monoisotopic (exact) mass is 548 g/mol.